The van der Waals surface area contributed by atoms with Gasteiger partial charge in [-0.2, -0.15) is 0 Å². The van der Waals surface area contributed by atoms with Crippen molar-refractivity contribution in [2.75, 3.05) is 13.1 Å². The molecule has 1 fully saturated rings. The summed E-state index contributed by atoms with van der Waals surface area (Å²) in [7, 11) is 0. The van der Waals surface area contributed by atoms with E-state index in [-0.39, 0.29) is 17.7 Å². The number of primary amides is 1. The van der Waals surface area contributed by atoms with Crippen molar-refractivity contribution in [2.24, 2.45) is 11.7 Å². The largest absolute Gasteiger partial charge is 0.369 e. The molecule has 0 radical (unpaired) electrons. The Bertz CT molecular complexity index is 551. The third-order valence-electron chi connectivity index (χ3n) is 4.16. The minimum Gasteiger partial charge on any atom is -0.369 e. The standard InChI is InChI=1S/C18H24N2O2/c1-14(9-10-15-6-3-2-4-7-15)12-17(21)20-11-5-8-16(13-20)18(19)22/h2-4,6-7,12,16H,5,8-11,13H2,1H3,(H2,19,22)/b14-12+. The lowest BCUT2D eigenvalue weighted by molar-refractivity contribution is -0.130. The van der Waals surface area contributed by atoms with Crippen LogP contribution >= 0.6 is 0 Å². The Hall–Kier alpha value is -2.10. The molecule has 118 valence electrons. The van der Waals surface area contributed by atoms with Crippen molar-refractivity contribution in [1.82, 2.24) is 4.90 Å². The Morgan fingerprint density at radius 2 is 2.05 bits per heavy atom. The van der Waals surface area contributed by atoms with Crippen LogP contribution in [0, 0.1) is 5.92 Å². The minimum absolute atomic E-state index is 0.00323. The van der Waals surface area contributed by atoms with Crippen LogP contribution in [0.2, 0.25) is 0 Å². The molecule has 0 bridgehead atoms. The molecule has 2 rings (SSSR count). The molecule has 4 heteroatoms. The number of allylic oxidation sites excluding steroid dienone is 1. The molecule has 22 heavy (non-hydrogen) atoms. The number of likely N-dealkylation sites (tertiary alicyclic amines) is 1. The number of hydrogen-bond donors (Lipinski definition) is 1. The normalized spacial score (nSPS) is 19.0. The van der Waals surface area contributed by atoms with Crippen molar-refractivity contribution in [3.8, 4) is 0 Å². The summed E-state index contributed by atoms with van der Waals surface area (Å²) in [5.41, 5.74) is 7.69. The molecule has 0 aliphatic carbocycles. The summed E-state index contributed by atoms with van der Waals surface area (Å²) in [6.07, 6.45) is 5.13. The number of piperidine rings is 1. The summed E-state index contributed by atoms with van der Waals surface area (Å²) >= 11 is 0. The van der Waals surface area contributed by atoms with Gasteiger partial charge in [0.05, 0.1) is 5.92 Å². The Kier molecular flexibility index (Phi) is 5.75. The zero-order chi connectivity index (χ0) is 15.9. The highest BCUT2D eigenvalue weighted by Gasteiger charge is 2.25. The number of rotatable bonds is 5. The van der Waals surface area contributed by atoms with Crippen LogP contribution in [0.25, 0.3) is 0 Å². The molecular formula is C18H24N2O2. The van der Waals surface area contributed by atoms with Crippen molar-refractivity contribution in [1.29, 1.82) is 0 Å². The van der Waals surface area contributed by atoms with E-state index in [0.717, 1.165) is 31.3 Å². The second-order valence-corrected chi connectivity index (χ2v) is 6.00. The molecule has 0 spiro atoms. The molecule has 1 aliphatic heterocycles. The van der Waals surface area contributed by atoms with E-state index in [4.69, 9.17) is 5.73 Å². The second-order valence-electron chi connectivity index (χ2n) is 6.00. The van der Waals surface area contributed by atoms with Gasteiger partial charge in [0.1, 0.15) is 0 Å². The molecule has 1 aliphatic rings. The fraction of sp³-hybridized carbons (Fsp3) is 0.444. The Morgan fingerprint density at radius 1 is 1.32 bits per heavy atom. The SMILES string of the molecule is C/C(=C\C(=O)N1CCCC(C(N)=O)C1)CCc1ccccc1. The molecule has 1 aromatic carbocycles. The van der Waals surface area contributed by atoms with E-state index >= 15 is 0 Å². The first-order chi connectivity index (χ1) is 10.6. The molecule has 1 aromatic rings. The fourth-order valence-electron chi connectivity index (χ4n) is 2.77. The molecule has 2 N–H and O–H groups in total. The van der Waals surface area contributed by atoms with Crippen LogP contribution in [-0.2, 0) is 16.0 Å². The summed E-state index contributed by atoms with van der Waals surface area (Å²) in [4.78, 5) is 25.3. The maximum atomic E-state index is 12.3. The number of carbonyl (C=O) groups is 2. The van der Waals surface area contributed by atoms with Gasteiger partial charge in [-0.05, 0) is 38.2 Å². The molecule has 0 saturated carbocycles. The molecule has 1 atom stereocenters. The van der Waals surface area contributed by atoms with Crippen LogP contribution in [0.1, 0.15) is 31.7 Å². The van der Waals surface area contributed by atoms with Gasteiger partial charge in [-0.1, -0.05) is 35.9 Å². The van der Waals surface area contributed by atoms with Gasteiger partial charge >= 0.3 is 0 Å². The van der Waals surface area contributed by atoms with Gasteiger partial charge in [-0.3, -0.25) is 9.59 Å². The Morgan fingerprint density at radius 3 is 2.73 bits per heavy atom. The molecule has 1 saturated heterocycles. The van der Waals surface area contributed by atoms with Gasteiger partial charge in [0, 0.05) is 19.2 Å². The van der Waals surface area contributed by atoms with Gasteiger partial charge in [0.2, 0.25) is 11.8 Å². The summed E-state index contributed by atoms with van der Waals surface area (Å²) in [5, 5.41) is 0. The average Bonchev–Trinajstić information content (AvgIpc) is 2.54. The van der Waals surface area contributed by atoms with Gasteiger partial charge in [-0.25, -0.2) is 0 Å². The predicted molar refractivity (Wildman–Crippen MR) is 87.0 cm³/mol. The molecule has 1 unspecified atom stereocenters. The summed E-state index contributed by atoms with van der Waals surface area (Å²) in [6, 6.07) is 10.2. The second kappa shape index (κ2) is 7.78. The highest BCUT2D eigenvalue weighted by Crippen LogP contribution is 2.17. The van der Waals surface area contributed by atoms with E-state index in [2.05, 4.69) is 12.1 Å². The number of nitrogens with zero attached hydrogens (tertiary/aromatic N) is 1. The van der Waals surface area contributed by atoms with Crippen molar-refractivity contribution in [2.45, 2.75) is 32.6 Å². The van der Waals surface area contributed by atoms with E-state index in [0.29, 0.717) is 13.1 Å². The van der Waals surface area contributed by atoms with Gasteiger partial charge in [-0.15, -0.1) is 0 Å². The third kappa shape index (κ3) is 4.72. The molecule has 2 amide bonds. The van der Waals surface area contributed by atoms with E-state index in [1.54, 1.807) is 11.0 Å². The first kappa shape index (κ1) is 16.3. The molecule has 4 nitrogen and oxygen atoms in total. The van der Waals surface area contributed by atoms with Crippen molar-refractivity contribution in [3.05, 3.63) is 47.5 Å². The van der Waals surface area contributed by atoms with E-state index in [1.807, 2.05) is 25.1 Å². The minimum atomic E-state index is -0.303. The van der Waals surface area contributed by atoms with Crippen LogP contribution in [-0.4, -0.2) is 29.8 Å². The quantitative estimate of drug-likeness (QED) is 0.848. The van der Waals surface area contributed by atoms with Crippen molar-refractivity contribution in [3.63, 3.8) is 0 Å². The summed E-state index contributed by atoms with van der Waals surface area (Å²) < 4.78 is 0. The lowest BCUT2D eigenvalue weighted by Crippen LogP contribution is -2.43. The average molecular weight is 300 g/mol. The fourth-order valence-corrected chi connectivity index (χ4v) is 2.77. The maximum Gasteiger partial charge on any atom is 0.246 e. The lowest BCUT2D eigenvalue weighted by Gasteiger charge is -2.30. The van der Waals surface area contributed by atoms with Crippen LogP contribution < -0.4 is 5.73 Å². The highest BCUT2D eigenvalue weighted by atomic mass is 16.2. The topological polar surface area (TPSA) is 63.4 Å². The number of aryl methyl sites for hydroxylation is 1. The number of benzene rings is 1. The number of hydrogen-bond acceptors (Lipinski definition) is 2. The van der Waals surface area contributed by atoms with Gasteiger partial charge < -0.3 is 10.6 Å². The number of carbonyl (C=O) groups excluding carboxylic acids is 2. The summed E-state index contributed by atoms with van der Waals surface area (Å²) in [5.74, 6) is -0.505. The summed E-state index contributed by atoms with van der Waals surface area (Å²) in [6.45, 7) is 3.15. The van der Waals surface area contributed by atoms with Crippen LogP contribution in [0.15, 0.2) is 42.0 Å². The molecule has 1 heterocycles. The highest BCUT2D eigenvalue weighted by molar-refractivity contribution is 5.89. The van der Waals surface area contributed by atoms with Gasteiger partial charge in [0.25, 0.3) is 0 Å². The number of nitrogens with two attached hydrogens (primary N) is 1. The van der Waals surface area contributed by atoms with Crippen LogP contribution in [0.3, 0.4) is 0 Å². The first-order valence-corrected chi connectivity index (χ1v) is 7.85. The smallest absolute Gasteiger partial charge is 0.246 e. The monoisotopic (exact) mass is 300 g/mol. The van der Waals surface area contributed by atoms with E-state index in [9.17, 15) is 9.59 Å². The zero-order valence-electron chi connectivity index (χ0n) is 13.1. The third-order valence-corrected chi connectivity index (χ3v) is 4.16. The predicted octanol–water partition coefficient (Wildman–Crippen LogP) is 2.29. The van der Waals surface area contributed by atoms with E-state index < -0.39 is 0 Å². The lowest BCUT2D eigenvalue weighted by atomic mass is 9.97. The van der Waals surface area contributed by atoms with Crippen LogP contribution in [0.5, 0.6) is 0 Å². The van der Waals surface area contributed by atoms with Crippen molar-refractivity contribution < 1.29 is 9.59 Å². The first-order valence-electron chi connectivity index (χ1n) is 7.85. The zero-order valence-corrected chi connectivity index (χ0v) is 13.1. The van der Waals surface area contributed by atoms with Crippen LogP contribution in [0.4, 0.5) is 0 Å². The van der Waals surface area contributed by atoms with Crippen molar-refractivity contribution >= 4 is 11.8 Å². The number of amides is 2. The maximum absolute atomic E-state index is 12.3. The molecular weight excluding hydrogens is 276 g/mol. The van der Waals surface area contributed by atoms with Gasteiger partial charge in [0.15, 0.2) is 0 Å². The Balaban J connectivity index is 1.87. The molecule has 0 aromatic heterocycles. The Labute approximate surface area is 132 Å². The van der Waals surface area contributed by atoms with E-state index in [1.165, 1.54) is 5.56 Å².